The Morgan fingerprint density at radius 3 is 2.50 bits per heavy atom. The Balaban J connectivity index is 3.11. The van der Waals surface area contributed by atoms with Crippen LogP contribution in [0.1, 0.15) is 43.9 Å². The molecule has 0 aliphatic heterocycles. The van der Waals surface area contributed by atoms with Gasteiger partial charge >= 0.3 is 5.97 Å². The fourth-order valence-corrected chi connectivity index (χ4v) is 1.74. The van der Waals surface area contributed by atoms with Crippen LogP contribution in [0.3, 0.4) is 0 Å². The minimum atomic E-state index is -0.361. The van der Waals surface area contributed by atoms with Crippen molar-refractivity contribution in [3.8, 4) is 0 Å². The summed E-state index contributed by atoms with van der Waals surface area (Å²) in [6, 6.07) is 1.81. The standard InChI is InChI=1S/C13H23N3O2/c1-7-18-12(17)11-8-10(9-15(5)6)16(14-11)13(2,3)4/h8H,7,9H2,1-6H3. The number of aromatic nitrogens is 2. The van der Waals surface area contributed by atoms with Gasteiger partial charge in [0.05, 0.1) is 17.8 Å². The van der Waals surface area contributed by atoms with E-state index in [1.165, 1.54) is 0 Å². The molecule has 0 amide bonds. The van der Waals surface area contributed by atoms with Crippen LogP contribution in [0.25, 0.3) is 0 Å². The SMILES string of the molecule is CCOC(=O)c1cc(CN(C)C)n(C(C)(C)C)n1. The van der Waals surface area contributed by atoms with Crippen LogP contribution in [0.4, 0.5) is 0 Å². The van der Waals surface area contributed by atoms with Crippen molar-refractivity contribution in [2.24, 2.45) is 0 Å². The van der Waals surface area contributed by atoms with E-state index in [4.69, 9.17) is 4.74 Å². The summed E-state index contributed by atoms with van der Waals surface area (Å²) in [6.07, 6.45) is 0. The van der Waals surface area contributed by atoms with Crippen molar-refractivity contribution in [3.05, 3.63) is 17.5 Å². The van der Waals surface area contributed by atoms with Gasteiger partial charge in [-0.2, -0.15) is 5.10 Å². The van der Waals surface area contributed by atoms with Gasteiger partial charge in [-0.3, -0.25) is 4.68 Å². The van der Waals surface area contributed by atoms with Crippen LogP contribution >= 0.6 is 0 Å². The van der Waals surface area contributed by atoms with Gasteiger partial charge in [0.2, 0.25) is 0 Å². The first kappa shape index (κ1) is 14.7. The first-order valence-electron chi connectivity index (χ1n) is 6.17. The maximum absolute atomic E-state index is 11.7. The summed E-state index contributed by atoms with van der Waals surface area (Å²) >= 11 is 0. The first-order valence-corrected chi connectivity index (χ1v) is 6.17. The lowest BCUT2D eigenvalue weighted by Gasteiger charge is -2.23. The van der Waals surface area contributed by atoms with E-state index in [1.807, 2.05) is 29.7 Å². The molecular weight excluding hydrogens is 230 g/mol. The fourth-order valence-electron chi connectivity index (χ4n) is 1.74. The molecule has 1 rings (SSSR count). The van der Waals surface area contributed by atoms with E-state index in [-0.39, 0.29) is 11.5 Å². The molecule has 1 aromatic rings. The quantitative estimate of drug-likeness (QED) is 0.769. The summed E-state index contributed by atoms with van der Waals surface area (Å²) in [6.45, 7) is 9.09. The highest BCUT2D eigenvalue weighted by Crippen LogP contribution is 2.18. The molecule has 0 fully saturated rings. The largest absolute Gasteiger partial charge is 0.461 e. The molecule has 0 bridgehead atoms. The number of esters is 1. The van der Waals surface area contributed by atoms with Gasteiger partial charge in [0.1, 0.15) is 0 Å². The predicted molar refractivity (Wildman–Crippen MR) is 70.6 cm³/mol. The molecule has 5 heteroatoms. The highest BCUT2D eigenvalue weighted by molar-refractivity contribution is 5.87. The number of ether oxygens (including phenoxy) is 1. The number of hydrogen-bond acceptors (Lipinski definition) is 4. The Labute approximate surface area is 109 Å². The van der Waals surface area contributed by atoms with Crippen LogP contribution in [0.15, 0.2) is 6.07 Å². The Hall–Kier alpha value is -1.36. The maximum atomic E-state index is 11.7. The third kappa shape index (κ3) is 3.57. The molecule has 0 unspecified atom stereocenters. The summed E-state index contributed by atoms with van der Waals surface area (Å²) in [4.78, 5) is 13.8. The zero-order chi connectivity index (χ0) is 13.9. The van der Waals surface area contributed by atoms with Crippen molar-refractivity contribution in [1.82, 2.24) is 14.7 Å². The van der Waals surface area contributed by atoms with Crippen LogP contribution in [0, 0.1) is 0 Å². The third-order valence-electron chi connectivity index (χ3n) is 2.38. The number of rotatable bonds is 4. The maximum Gasteiger partial charge on any atom is 0.358 e. The molecule has 102 valence electrons. The van der Waals surface area contributed by atoms with Gasteiger partial charge in [0, 0.05) is 6.54 Å². The summed E-state index contributed by atoms with van der Waals surface area (Å²) in [5.41, 5.74) is 1.23. The number of carbonyl (C=O) groups is 1. The molecule has 0 N–H and O–H groups in total. The van der Waals surface area contributed by atoms with Gasteiger partial charge in [-0.1, -0.05) is 0 Å². The molecule has 1 heterocycles. The average Bonchev–Trinajstić information content (AvgIpc) is 2.60. The van der Waals surface area contributed by atoms with Crippen LogP contribution in [-0.4, -0.2) is 41.4 Å². The number of nitrogens with zero attached hydrogens (tertiary/aromatic N) is 3. The van der Waals surface area contributed by atoms with E-state index in [0.717, 1.165) is 12.2 Å². The highest BCUT2D eigenvalue weighted by atomic mass is 16.5. The molecule has 0 atom stereocenters. The lowest BCUT2D eigenvalue weighted by molar-refractivity contribution is 0.0517. The van der Waals surface area contributed by atoms with E-state index < -0.39 is 0 Å². The zero-order valence-corrected chi connectivity index (χ0v) is 12.1. The fraction of sp³-hybridized carbons (Fsp3) is 0.692. The molecule has 0 radical (unpaired) electrons. The zero-order valence-electron chi connectivity index (χ0n) is 12.1. The predicted octanol–water partition coefficient (Wildman–Crippen LogP) is 1.88. The molecular formula is C13H23N3O2. The molecule has 0 aliphatic rings. The van der Waals surface area contributed by atoms with Crippen LogP contribution in [0.5, 0.6) is 0 Å². The molecule has 1 aromatic heterocycles. The number of hydrogen-bond donors (Lipinski definition) is 0. The Morgan fingerprint density at radius 2 is 2.06 bits per heavy atom. The smallest absolute Gasteiger partial charge is 0.358 e. The molecule has 0 aliphatic carbocycles. The molecule has 0 aromatic carbocycles. The third-order valence-corrected chi connectivity index (χ3v) is 2.38. The Bertz CT molecular complexity index is 416. The van der Waals surface area contributed by atoms with Gasteiger partial charge in [-0.25, -0.2) is 4.79 Å². The van der Waals surface area contributed by atoms with Crippen molar-refractivity contribution in [2.75, 3.05) is 20.7 Å². The second kappa shape index (κ2) is 5.52. The van der Waals surface area contributed by atoms with Crippen LogP contribution in [-0.2, 0) is 16.8 Å². The van der Waals surface area contributed by atoms with Crippen LogP contribution in [0.2, 0.25) is 0 Å². The highest BCUT2D eigenvalue weighted by Gasteiger charge is 2.22. The van der Waals surface area contributed by atoms with E-state index in [1.54, 1.807) is 6.92 Å². The van der Waals surface area contributed by atoms with Gasteiger partial charge < -0.3 is 9.64 Å². The van der Waals surface area contributed by atoms with Gasteiger partial charge in [0.15, 0.2) is 5.69 Å². The topological polar surface area (TPSA) is 47.4 Å². The van der Waals surface area contributed by atoms with E-state index in [0.29, 0.717) is 12.3 Å². The Morgan fingerprint density at radius 1 is 1.44 bits per heavy atom. The first-order chi connectivity index (χ1) is 8.25. The van der Waals surface area contributed by atoms with E-state index >= 15 is 0 Å². The molecule has 0 spiro atoms. The van der Waals surface area contributed by atoms with Crippen molar-refractivity contribution in [1.29, 1.82) is 0 Å². The summed E-state index contributed by atoms with van der Waals surface area (Å²) in [7, 11) is 3.98. The van der Waals surface area contributed by atoms with Gasteiger partial charge in [-0.05, 0) is 47.9 Å². The van der Waals surface area contributed by atoms with Gasteiger partial charge in [-0.15, -0.1) is 0 Å². The summed E-state index contributed by atoms with van der Waals surface area (Å²) < 4.78 is 6.87. The Kier molecular flexibility index (Phi) is 4.51. The summed E-state index contributed by atoms with van der Waals surface area (Å²) in [5.74, 6) is -0.361. The van der Waals surface area contributed by atoms with Crippen LogP contribution < -0.4 is 0 Å². The second-order valence-corrected chi connectivity index (χ2v) is 5.56. The lowest BCUT2D eigenvalue weighted by Crippen LogP contribution is -2.27. The van der Waals surface area contributed by atoms with E-state index in [9.17, 15) is 4.79 Å². The average molecular weight is 253 g/mol. The minimum absolute atomic E-state index is 0.157. The summed E-state index contributed by atoms with van der Waals surface area (Å²) in [5, 5.41) is 4.37. The normalized spacial score (nSPS) is 11.9. The van der Waals surface area contributed by atoms with Crippen molar-refractivity contribution in [2.45, 2.75) is 39.8 Å². The second-order valence-electron chi connectivity index (χ2n) is 5.56. The molecule has 0 saturated carbocycles. The van der Waals surface area contributed by atoms with Gasteiger partial charge in [0.25, 0.3) is 0 Å². The number of carbonyl (C=O) groups excluding carboxylic acids is 1. The lowest BCUT2D eigenvalue weighted by atomic mass is 10.1. The molecule has 0 saturated heterocycles. The van der Waals surface area contributed by atoms with Crippen molar-refractivity contribution in [3.63, 3.8) is 0 Å². The van der Waals surface area contributed by atoms with Crippen molar-refractivity contribution < 1.29 is 9.53 Å². The monoisotopic (exact) mass is 253 g/mol. The molecule has 18 heavy (non-hydrogen) atoms. The van der Waals surface area contributed by atoms with Crippen molar-refractivity contribution >= 4 is 5.97 Å². The molecule has 5 nitrogen and oxygen atoms in total. The van der Waals surface area contributed by atoms with E-state index in [2.05, 4.69) is 25.9 Å². The minimum Gasteiger partial charge on any atom is -0.461 e.